The molecule has 0 aliphatic rings. The first-order valence-corrected chi connectivity index (χ1v) is 6.38. The number of benzene rings is 1. The van der Waals surface area contributed by atoms with Gasteiger partial charge >= 0.3 is 0 Å². The summed E-state index contributed by atoms with van der Waals surface area (Å²) in [5.74, 6) is 1.88. The maximum Gasteiger partial charge on any atom is 0.227 e. The van der Waals surface area contributed by atoms with Gasteiger partial charge in [-0.1, -0.05) is 19.1 Å². The molecule has 0 bridgehead atoms. The van der Waals surface area contributed by atoms with Gasteiger partial charge in [-0.15, -0.1) is 0 Å². The van der Waals surface area contributed by atoms with E-state index in [2.05, 4.69) is 23.0 Å². The van der Waals surface area contributed by atoms with Crippen LogP contribution in [0.25, 0.3) is 0 Å². The van der Waals surface area contributed by atoms with Gasteiger partial charge in [0, 0.05) is 0 Å². The summed E-state index contributed by atoms with van der Waals surface area (Å²) in [5, 5.41) is 0. The van der Waals surface area contributed by atoms with Crippen LogP contribution in [0.2, 0.25) is 0 Å². The summed E-state index contributed by atoms with van der Waals surface area (Å²) >= 11 is 0. The molecule has 2 N–H and O–H groups in total. The molecule has 2 aromatic rings. The van der Waals surface area contributed by atoms with E-state index in [9.17, 15) is 0 Å². The van der Waals surface area contributed by atoms with Crippen molar-refractivity contribution in [3.05, 3.63) is 40.7 Å². The zero-order chi connectivity index (χ0) is 14.0. The highest BCUT2D eigenvalue weighted by molar-refractivity contribution is 5.50. The van der Waals surface area contributed by atoms with Gasteiger partial charge in [0.05, 0.1) is 5.56 Å². The van der Waals surface area contributed by atoms with Gasteiger partial charge in [-0.2, -0.15) is 0 Å². The maximum absolute atomic E-state index is 5.99. The third-order valence-electron chi connectivity index (χ3n) is 3.37. The Hall–Kier alpha value is -2.10. The average Bonchev–Trinajstić information content (AvgIpc) is 2.39. The molecule has 4 nitrogen and oxygen atoms in total. The second kappa shape index (κ2) is 5.26. The third-order valence-corrected chi connectivity index (χ3v) is 3.37. The van der Waals surface area contributed by atoms with Crippen LogP contribution in [0.15, 0.2) is 18.5 Å². The van der Waals surface area contributed by atoms with Crippen LogP contribution in [0.3, 0.4) is 0 Å². The fraction of sp³-hybridized carbons (Fsp3) is 0.333. The van der Waals surface area contributed by atoms with Crippen LogP contribution in [0.4, 0.5) is 5.82 Å². The summed E-state index contributed by atoms with van der Waals surface area (Å²) in [6, 6.07) is 4.14. The van der Waals surface area contributed by atoms with Crippen LogP contribution < -0.4 is 10.5 Å². The molecule has 0 radical (unpaired) electrons. The van der Waals surface area contributed by atoms with Crippen molar-refractivity contribution in [3.63, 3.8) is 0 Å². The minimum atomic E-state index is 0.482. The first-order chi connectivity index (χ1) is 9.04. The zero-order valence-corrected chi connectivity index (χ0v) is 11.8. The Morgan fingerprint density at radius 3 is 2.47 bits per heavy atom. The van der Waals surface area contributed by atoms with Crippen LogP contribution in [-0.4, -0.2) is 9.97 Å². The molecular weight excluding hydrogens is 238 g/mol. The van der Waals surface area contributed by atoms with E-state index in [1.807, 2.05) is 26.8 Å². The molecule has 0 aliphatic carbocycles. The first-order valence-electron chi connectivity index (χ1n) is 6.38. The molecule has 0 amide bonds. The van der Waals surface area contributed by atoms with Crippen LogP contribution in [0.5, 0.6) is 11.6 Å². The van der Waals surface area contributed by atoms with Crippen molar-refractivity contribution in [1.82, 2.24) is 9.97 Å². The molecule has 19 heavy (non-hydrogen) atoms. The maximum atomic E-state index is 5.99. The lowest BCUT2D eigenvalue weighted by atomic mass is 10.1. The Morgan fingerprint density at radius 2 is 1.79 bits per heavy atom. The van der Waals surface area contributed by atoms with E-state index in [-0.39, 0.29) is 0 Å². The molecule has 0 unspecified atom stereocenters. The van der Waals surface area contributed by atoms with E-state index in [0.717, 1.165) is 28.9 Å². The number of aromatic nitrogens is 2. The van der Waals surface area contributed by atoms with E-state index < -0.39 is 0 Å². The second-order valence-electron chi connectivity index (χ2n) is 4.65. The van der Waals surface area contributed by atoms with E-state index in [1.165, 1.54) is 11.9 Å². The van der Waals surface area contributed by atoms with Crippen molar-refractivity contribution in [2.75, 3.05) is 5.73 Å². The summed E-state index contributed by atoms with van der Waals surface area (Å²) in [4.78, 5) is 8.21. The molecule has 0 aliphatic heterocycles. The number of nitrogens with zero attached hydrogens (tertiary/aromatic N) is 2. The topological polar surface area (TPSA) is 61.0 Å². The number of aryl methyl sites for hydroxylation is 2. The van der Waals surface area contributed by atoms with Crippen LogP contribution in [-0.2, 0) is 6.42 Å². The van der Waals surface area contributed by atoms with E-state index in [0.29, 0.717) is 11.7 Å². The molecule has 1 aromatic carbocycles. The minimum Gasteiger partial charge on any atom is -0.438 e. The lowest BCUT2D eigenvalue weighted by molar-refractivity contribution is 0.448. The molecule has 0 fully saturated rings. The summed E-state index contributed by atoms with van der Waals surface area (Å²) in [6.07, 6.45) is 2.18. The van der Waals surface area contributed by atoms with Crippen LogP contribution >= 0.6 is 0 Å². The van der Waals surface area contributed by atoms with E-state index >= 15 is 0 Å². The smallest absolute Gasteiger partial charge is 0.227 e. The summed E-state index contributed by atoms with van der Waals surface area (Å²) < 4.78 is 5.99. The quantitative estimate of drug-likeness (QED) is 0.916. The molecular formula is C15H19N3O. The Morgan fingerprint density at radius 1 is 1.11 bits per heavy atom. The minimum absolute atomic E-state index is 0.482. The summed E-state index contributed by atoms with van der Waals surface area (Å²) in [7, 11) is 0. The van der Waals surface area contributed by atoms with Crippen LogP contribution in [0, 0.1) is 20.8 Å². The first kappa shape index (κ1) is 13.3. The highest BCUT2D eigenvalue weighted by Crippen LogP contribution is 2.32. The SMILES string of the molecule is CCc1c(N)ncnc1Oc1c(C)ccc(C)c1C. The van der Waals surface area contributed by atoms with E-state index in [4.69, 9.17) is 10.5 Å². The number of hydrogen-bond acceptors (Lipinski definition) is 4. The number of anilines is 1. The fourth-order valence-electron chi connectivity index (χ4n) is 2.01. The third kappa shape index (κ3) is 2.52. The van der Waals surface area contributed by atoms with Gasteiger partial charge in [-0.25, -0.2) is 9.97 Å². The number of rotatable bonds is 3. The molecule has 0 atom stereocenters. The predicted octanol–water partition coefficient (Wildman–Crippen LogP) is 3.34. The number of hydrogen-bond donors (Lipinski definition) is 1. The van der Waals surface area contributed by atoms with Gasteiger partial charge in [0.2, 0.25) is 5.88 Å². The van der Waals surface area contributed by atoms with Crippen molar-refractivity contribution >= 4 is 5.82 Å². The van der Waals surface area contributed by atoms with Crippen molar-refractivity contribution in [3.8, 4) is 11.6 Å². The van der Waals surface area contributed by atoms with E-state index in [1.54, 1.807) is 0 Å². The summed E-state index contributed by atoms with van der Waals surface area (Å²) in [5.41, 5.74) is 10.1. The Kier molecular flexibility index (Phi) is 3.69. The molecule has 2 rings (SSSR count). The van der Waals surface area contributed by atoms with Crippen molar-refractivity contribution in [2.45, 2.75) is 34.1 Å². The van der Waals surface area contributed by atoms with Gasteiger partial charge in [-0.05, 0) is 43.9 Å². The number of nitrogen functional groups attached to an aromatic ring is 1. The van der Waals surface area contributed by atoms with Crippen molar-refractivity contribution in [2.24, 2.45) is 0 Å². The monoisotopic (exact) mass is 257 g/mol. The van der Waals surface area contributed by atoms with Gasteiger partial charge in [0.15, 0.2) is 0 Å². The lowest BCUT2D eigenvalue weighted by Gasteiger charge is -2.15. The van der Waals surface area contributed by atoms with Gasteiger partial charge < -0.3 is 10.5 Å². The Labute approximate surface area is 113 Å². The molecule has 0 saturated heterocycles. The highest BCUT2D eigenvalue weighted by Gasteiger charge is 2.13. The predicted molar refractivity (Wildman–Crippen MR) is 76.5 cm³/mol. The van der Waals surface area contributed by atoms with Crippen molar-refractivity contribution < 1.29 is 4.74 Å². The Bertz CT molecular complexity index is 609. The number of nitrogens with two attached hydrogens (primary N) is 1. The molecule has 1 aromatic heterocycles. The van der Waals surface area contributed by atoms with Crippen molar-refractivity contribution in [1.29, 1.82) is 0 Å². The van der Waals surface area contributed by atoms with Gasteiger partial charge in [-0.3, -0.25) is 0 Å². The molecule has 1 heterocycles. The fourth-order valence-corrected chi connectivity index (χ4v) is 2.01. The largest absolute Gasteiger partial charge is 0.438 e. The highest BCUT2D eigenvalue weighted by atomic mass is 16.5. The molecule has 0 spiro atoms. The Balaban J connectivity index is 2.48. The average molecular weight is 257 g/mol. The van der Waals surface area contributed by atoms with Gasteiger partial charge in [0.1, 0.15) is 17.9 Å². The standard InChI is InChI=1S/C15H19N3O/c1-5-12-14(16)17-8-18-15(12)19-13-10(3)7-6-9(2)11(13)4/h6-8H,5H2,1-4H3,(H2,16,17,18). The second-order valence-corrected chi connectivity index (χ2v) is 4.65. The molecule has 0 saturated carbocycles. The number of ether oxygens (including phenoxy) is 1. The zero-order valence-electron chi connectivity index (χ0n) is 11.8. The summed E-state index contributed by atoms with van der Waals surface area (Å²) in [6.45, 7) is 8.15. The normalized spacial score (nSPS) is 10.5. The van der Waals surface area contributed by atoms with Crippen LogP contribution in [0.1, 0.15) is 29.2 Å². The molecule has 4 heteroatoms. The molecule has 100 valence electrons. The van der Waals surface area contributed by atoms with Gasteiger partial charge in [0.25, 0.3) is 0 Å². The lowest BCUT2D eigenvalue weighted by Crippen LogP contribution is -2.03.